The summed E-state index contributed by atoms with van der Waals surface area (Å²) in [6.07, 6.45) is 1.10. The van der Waals surface area contributed by atoms with Gasteiger partial charge in [0.1, 0.15) is 11.6 Å². The molecule has 2 rings (SSSR count). The van der Waals surface area contributed by atoms with Crippen LogP contribution in [0.15, 0.2) is 35.4 Å². The lowest BCUT2D eigenvalue weighted by Gasteiger charge is -2.08. The summed E-state index contributed by atoms with van der Waals surface area (Å²) in [4.78, 5) is 11.7. The Labute approximate surface area is 157 Å². The minimum atomic E-state index is -0.583. The summed E-state index contributed by atoms with van der Waals surface area (Å²) in [5.41, 5.74) is 2.24. The van der Waals surface area contributed by atoms with Gasteiger partial charge in [0.2, 0.25) is 0 Å². The van der Waals surface area contributed by atoms with Gasteiger partial charge in [-0.15, -0.1) is 0 Å². The van der Waals surface area contributed by atoms with Crippen LogP contribution in [0.3, 0.4) is 0 Å². The molecule has 0 saturated heterocycles. The molecule has 2 aromatic rings. The van der Waals surface area contributed by atoms with E-state index in [-0.39, 0.29) is 38.0 Å². The maximum absolute atomic E-state index is 13.5. The molecule has 1 N–H and O–H groups in total. The monoisotopic (exact) mass is 408 g/mol. The average Bonchev–Trinajstić information content (AvgIpc) is 2.52. The minimum Gasteiger partial charge on any atom is -0.482 e. The summed E-state index contributed by atoms with van der Waals surface area (Å²) < 4.78 is 18.7. The fourth-order valence-corrected chi connectivity index (χ4v) is 2.40. The molecule has 1 amide bonds. The molecular weight excluding hydrogens is 401 g/mol. The highest BCUT2D eigenvalue weighted by molar-refractivity contribution is 6.43. The molecule has 0 fully saturated rings. The number of carbonyl (C=O) groups excluding carboxylic acids is 1. The predicted molar refractivity (Wildman–Crippen MR) is 94.1 cm³/mol. The first-order chi connectivity index (χ1) is 11.4. The fourth-order valence-electron chi connectivity index (χ4n) is 1.59. The van der Waals surface area contributed by atoms with Crippen molar-refractivity contribution in [3.05, 3.63) is 61.8 Å². The van der Waals surface area contributed by atoms with E-state index in [4.69, 9.17) is 51.1 Å². The molecule has 0 radical (unpaired) electrons. The molecule has 0 bridgehead atoms. The van der Waals surface area contributed by atoms with Crippen LogP contribution in [-0.2, 0) is 4.79 Å². The molecule has 0 aromatic heterocycles. The first kappa shape index (κ1) is 18.8. The average molecular weight is 410 g/mol. The highest BCUT2D eigenvalue weighted by Gasteiger charge is 2.09. The second-order valence-corrected chi connectivity index (χ2v) is 6.04. The second-order valence-electron chi connectivity index (χ2n) is 4.41. The van der Waals surface area contributed by atoms with Gasteiger partial charge in [0.05, 0.1) is 26.3 Å². The lowest BCUT2D eigenvalue weighted by Crippen LogP contribution is -2.24. The molecule has 2 aromatic carbocycles. The number of rotatable bonds is 5. The molecule has 0 aliphatic rings. The van der Waals surface area contributed by atoms with E-state index in [2.05, 4.69) is 10.5 Å². The predicted octanol–water partition coefficient (Wildman–Crippen LogP) is 4.97. The lowest BCUT2D eigenvalue weighted by molar-refractivity contribution is -0.123. The zero-order chi connectivity index (χ0) is 17.7. The zero-order valence-corrected chi connectivity index (χ0v) is 14.8. The Morgan fingerprint density at radius 1 is 1.12 bits per heavy atom. The van der Waals surface area contributed by atoms with E-state index in [0.717, 1.165) is 6.21 Å². The van der Waals surface area contributed by atoms with Crippen molar-refractivity contribution in [2.24, 2.45) is 5.10 Å². The highest BCUT2D eigenvalue weighted by atomic mass is 35.5. The largest absolute Gasteiger partial charge is 0.482 e. The van der Waals surface area contributed by atoms with Crippen LogP contribution in [0.25, 0.3) is 0 Å². The van der Waals surface area contributed by atoms with Crippen LogP contribution in [0.5, 0.6) is 5.75 Å². The van der Waals surface area contributed by atoms with Crippen molar-refractivity contribution in [2.75, 3.05) is 6.61 Å². The van der Waals surface area contributed by atoms with Gasteiger partial charge in [0.25, 0.3) is 5.91 Å². The van der Waals surface area contributed by atoms with Crippen molar-refractivity contribution in [1.29, 1.82) is 0 Å². The molecule has 0 atom stereocenters. The van der Waals surface area contributed by atoms with Crippen molar-refractivity contribution in [3.63, 3.8) is 0 Å². The molecule has 4 nitrogen and oxygen atoms in total. The molecule has 0 aliphatic carbocycles. The number of halogens is 5. The van der Waals surface area contributed by atoms with E-state index >= 15 is 0 Å². The first-order valence-electron chi connectivity index (χ1n) is 6.41. The van der Waals surface area contributed by atoms with Gasteiger partial charge in [-0.1, -0.05) is 52.5 Å². The summed E-state index contributed by atoms with van der Waals surface area (Å²) in [6.45, 7) is -0.375. The van der Waals surface area contributed by atoms with Gasteiger partial charge in [-0.3, -0.25) is 4.79 Å². The SMILES string of the molecule is O=C(COc1cc(Cl)c(Cl)cc1Cl)NN=Cc1c(F)cccc1Cl. The van der Waals surface area contributed by atoms with Crippen molar-refractivity contribution >= 4 is 58.5 Å². The van der Waals surface area contributed by atoms with E-state index in [1.54, 1.807) is 0 Å². The second kappa shape index (κ2) is 8.53. The Balaban J connectivity index is 1.92. The van der Waals surface area contributed by atoms with Gasteiger partial charge in [0.15, 0.2) is 6.61 Å². The first-order valence-corrected chi connectivity index (χ1v) is 7.93. The Bertz CT molecular complexity index is 779. The summed E-state index contributed by atoms with van der Waals surface area (Å²) in [7, 11) is 0. The summed E-state index contributed by atoms with van der Waals surface area (Å²) in [5.74, 6) is -0.942. The number of hydrazone groups is 1. The number of hydrogen-bond acceptors (Lipinski definition) is 3. The van der Waals surface area contributed by atoms with E-state index in [1.165, 1.54) is 30.3 Å². The maximum atomic E-state index is 13.5. The number of amides is 1. The fraction of sp³-hybridized carbons (Fsp3) is 0.0667. The number of ether oxygens (including phenoxy) is 1. The third-order valence-corrected chi connectivity index (χ3v) is 4.06. The van der Waals surface area contributed by atoms with Gasteiger partial charge < -0.3 is 4.74 Å². The van der Waals surface area contributed by atoms with Crippen LogP contribution in [0.1, 0.15) is 5.56 Å². The topological polar surface area (TPSA) is 50.7 Å². The van der Waals surface area contributed by atoms with Crippen LogP contribution < -0.4 is 10.2 Å². The molecule has 126 valence electrons. The van der Waals surface area contributed by atoms with Gasteiger partial charge in [0, 0.05) is 11.6 Å². The van der Waals surface area contributed by atoms with Crippen LogP contribution >= 0.6 is 46.4 Å². The van der Waals surface area contributed by atoms with Crippen molar-refractivity contribution < 1.29 is 13.9 Å². The standard InChI is InChI=1S/C15H9Cl4FN2O2/c16-9-2-1-3-13(20)8(9)6-21-22-15(23)7-24-14-5-11(18)10(17)4-12(14)19/h1-6H,7H2,(H,22,23). The van der Waals surface area contributed by atoms with Gasteiger partial charge in [-0.05, 0) is 18.2 Å². The highest BCUT2D eigenvalue weighted by Crippen LogP contribution is 2.33. The van der Waals surface area contributed by atoms with E-state index < -0.39 is 11.7 Å². The smallest absolute Gasteiger partial charge is 0.277 e. The Kier molecular flexibility index (Phi) is 6.69. The summed E-state index contributed by atoms with van der Waals surface area (Å²) >= 11 is 23.4. The number of nitrogens with one attached hydrogen (secondary N) is 1. The molecule has 24 heavy (non-hydrogen) atoms. The molecule has 0 unspecified atom stereocenters. The summed E-state index contributed by atoms with van der Waals surface area (Å²) in [6, 6.07) is 6.98. The number of hydrogen-bond donors (Lipinski definition) is 1. The molecule has 0 spiro atoms. The molecule has 9 heteroatoms. The number of nitrogens with zero attached hydrogens (tertiary/aromatic N) is 1. The Morgan fingerprint density at radius 2 is 1.83 bits per heavy atom. The third-order valence-electron chi connectivity index (χ3n) is 2.72. The normalized spacial score (nSPS) is 10.9. The van der Waals surface area contributed by atoms with Gasteiger partial charge in [-0.25, -0.2) is 9.82 Å². The van der Waals surface area contributed by atoms with Gasteiger partial charge in [-0.2, -0.15) is 5.10 Å². The van der Waals surface area contributed by atoms with E-state index in [1.807, 2.05) is 0 Å². The van der Waals surface area contributed by atoms with Crippen molar-refractivity contribution in [3.8, 4) is 5.75 Å². The molecular formula is C15H9Cl4FN2O2. The zero-order valence-electron chi connectivity index (χ0n) is 11.8. The minimum absolute atomic E-state index is 0.0629. The Morgan fingerprint density at radius 3 is 2.54 bits per heavy atom. The lowest BCUT2D eigenvalue weighted by atomic mass is 10.2. The number of carbonyl (C=O) groups is 1. The Hall–Kier alpha value is -1.53. The van der Waals surface area contributed by atoms with Crippen LogP contribution in [-0.4, -0.2) is 18.7 Å². The van der Waals surface area contributed by atoms with Crippen molar-refractivity contribution in [2.45, 2.75) is 0 Å². The van der Waals surface area contributed by atoms with Crippen molar-refractivity contribution in [1.82, 2.24) is 5.43 Å². The number of benzene rings is 2. The molecule has 0 aliphatic heterocycles. The molecule has 0 saturated carbocycles. The molecule has 0 heterocycles. The van der Waals surface area contributed by atoms with E-state index in [0.29, 0.717) is 0 Å². The maximum Gasteiger partial charge on any atom is 0.277 e. The quantitative estimate of drug-likeness (QED) is 0.430. The van der Waals surface area contributed by atoms with Crippen LogP contribution in [0.4, 0.5) is 4.39 Å². The van der Waals surface area contributed by atoms with Gasteiger partial charge >= 0.3 is 0 Å². The van der Waals surface area contributed by atoms with Crippen LogP contribution in [0.2, 0.25) is 20.1 Å². The van der Waals surface area contributed by atoms with Crippen LogP contribution in [0, 0.1) is 5.82 Å². The summed E-state index contributed by atoms with van der Waals surface area (Å²) in [5, 5.41) is 4.51. The van der Waals surface area contributed by atoms with E-state index in [9.17, 15) is 9.18 Å². The third kappa shape index (κ3) is 4.98.